The summed E-state index contributed by atoms with van der Waals surface area (Å²) in [5.74, 6) is -2.33. The molecule has 0 radical (unpaired) electrons. The lowest BCUT2D eigenvalue weighted by atomic mass is 10.2. The SMILES string of the molecule is O=C(O)CC(NCc1ccccn1)C(=O)O. The van der Waals surface area contributed by atoms with Crippen molar-refractivity contribution in [1.82, 2.24) is 10.3 Å². The maximum Gasteiger partial charge on any atom is 0.321 e. The standard InChI is InChI=1S/C10H12N2O4/c13-9(14)5-8(10(15)16)12-6-7-3-1-2-4-11-7/h1-4,8,12H,5-6H2,(H,13,14)(H,15,16). The molecular weight excluding hydrogens is 212 g/mol. The minimum Gasteiger partial charge on any atom is -0.481 e. The van der Waals surface area contributed by atoms with Gasteiger partial charge in [0.05, 0.1) is 12.1 Å². The summed E-state index contributed by atoms with van der Waals surface area (Å²) < 4.78 is 0. The maximum absolute atomic E-state index is 10.7. The van der Waals surface area contributed by atoms with Crippen LogP contribution in [0.1, 0.15) is 12.1 Å². The molecule has 1 atom stereocenters. The molecule has 6 heteroatoms. The maximum atomic E-state index is 10.7. The Bertz CT molecular complexity index is 366. The van der Waals surface area contributed by atoms with Crippen LogP contribution in [0.3, 0.4) is 0 Å². The summed E-state index contributed by atoms with van der Waals surface area (Å²) in [4.78, 5) is 25.1. The van der Waals surface area contributed by atoms with E-state index in [9.17, 15) is 9.59 Å². The summed E-state index contributed by atoms with van der Waals surface area (Å²) in [7, 11) is 0. The minimum absolute atomic E-state index is 0.227. The molecule has 0 bridgehead atoms. The van der Waals surface area contributed by atoms with Crippen LogP contribution in [0, 0.1) is 0 Å². The van der Waals surface area contributed by atoms with Crippen molar-refractivity contribution < 1.29 is 19.8 Å². The molecule has 3 N–H and O–H groups in total. The molecule has 0 aliphatic heterocycles. The number of carbonyl (C=O) groups is 2. The second kappa shape index (κ2) is 5.82. The van der Waals surface area contributed by atoms with Crippen molar-refractivity contribution in [2.45, 2.75) is 19.0 Å². The van der Waals surface area contributed by atoms with E-state index in [2.05, 4.69) is 10.3 Å². The van der Waals surface area contributed by atoms with E-state index >= 15 is 0 Å². The van der Waals surface area contributed by atoms with E-state index in [-0.39, 0.29) is 6.54 Å². The molecule has 0 saturated heterocycles. The van der Waals surface area contributed by atoms with Gasteiger partial charge in [-0.05, 0) is 12.1 Å². The minimum atomic E-state index is -1.18. The normalized spacial score (nSPS) is 12.0. The van der Waals surface area contributed by atoms with E-state index in [0.29, 0.717) is 5.69 Å². The molecule has 1 unspecified atom stereocenters. The zero-order valence-corrected chi connectivity index (χ0v) is 8.46. The Balaban J connectivity index is 2.50. The van der Waals surface area contributed by atoms with Crippen LogP contribution in [-0.4, -0.2) is 33.2 Å². The van der Waals surface area contributed by atoms with Gasteiger partial charge in [0, 0.05) is 12.7 Å². The number of pyridine rings is 1. The first-order valence-electron chi connectivity index (χ1n) is 4.67. The lowest BCUT2D eigenvalue weighted by molar-refractivity contribution is -0.146. The third-order valence-corrected chi connectivity index (χ3v) is 1.93. The van der Waals surface area contributed by atoms with E-state index in [1.807, 2.05) is 0 Å². The Morgan fingerprint density at radius 1 is 1.38 bits per heavy atom. The van der Waals surface area contributed by atoms with Crippen LogP contribution in [0.15, 0.2) is 24.4 Å². The summed E-state index contributed by atoms with van der Waals surface area (Å²) >= 11 is 0. The smallest absolute Gasteiger partial charge is 0.321 e. The first-order valence-corrected chi connectivity index (χ1v) is 4.67. The van der Waals surface area contributed by atoms with Crippen LogP contribution in [0.25, 0.3) is 0 Å². The molecule has 1 heterocycles. The number of rotatable bonds is 6. The van der Waals surface area contributed by atoms with Gasteiger partial charge in [-0.3, -0.25) is 19.9 Å². The predicted molar refractivity (Wildman–Crippen MR) is 54.8 cm³/mol. The second-order valence-electron chi connectivity index (χ2n) is 3.19. The molecule has 0 aliphatic carbocycles. The van der Waals surface area contributed by atoms with Crippen molar-refractivity contribution in [3.63, 3.8) is 0 Å². The third kappa shape index (κ3) is 4.05. The fourth-order valence-corrected chi connectivity index (χ4v) is 1.15. The van der Waals surface area contributed by atoms with Crippen molar-refractivity contribution in [3.05, 3.63) is 30.1 Å². The highest BCUT2D eigenvalue weighted by Gasteiger charge is 2.20. The van der Waals surface area contributed by atoms with Crippen LogP contribution in [-0.2, 0) is 16.1 Å². The van der Waals surface area contributed by atoms with Gasteiger partial charge in [-0.2, -0.15) is 0 Å². The van der Waals surface area contributed by atoms with Crippen LogP contribution in [0.5, 0.6) is 0 Å². The fourth-order valence-electron chi connectivity index (χ4n) is 1.15. The molecule has 0 aromatic carbocycles. The molecule has 86 valence electrons. The molecule has 0 fully saturated rings. The van der Waals surface area contributed by atoms with Crippen LogP contribution in [0.2, 0.25) is 0 Å². The summed E-state index contributed by atoms with van der Waals surface area (Å²) in [5, 5.41) is 19.9. The quantitative estimate of drug-likeness (QED) is 0.633. The van der Waals surface area contributed by atoms with E-state index in [4.69, 9.17) is 10.2 Å². The van der Waals surface area contributed by atoms with Crippen LogP contribution in [0.4, 0.5) is 0 Å². The number of carboxylic acids is 2. The number of hydrogen-bond donors (Lipinski definition) is 3. The zero-order valence-electron chi connectivity index (χ0n) is 8.46. The monoisotopic (exact) mass is 224 g/mol. The highest BCUT2D eigenvalue weighted by molar-refractivity contribution is 5.80. The molecule has 0 spiro atoms. The molecular formula is C10H12N2O4. The van der Waals surface area contributed by atoms with Crippen molar-refractivity contribution in [3.8, 4) is 0 Å². The number of carboxylic acid groups (broad SMARTS) is 2. The van der Waals surface area contributed by atoms with Crippen LogP contribution < -0.4 is 5.32 Å². The van der Waals surface area contributed by atoms with E-state index in [1.165, 1.54) is 0 Å². The number of aromatic nitrogens is 1. The Hall–Kier alpha value is -1.95. The van der Waals surface area contributed by atoms with Gasteiger partial charge in [0.2, 0.25) is 0 Å². The van der Waals surface area contributed by atoms with Gasteiger partial charge in [-0.1, -0.05) is 6.07 Å². The fraction of sp³-hybridized carbons (Fsp3) is 0.300. The largest absolute Gasteiger partial charge is 0.481 e. The molecule has 0 amide bonds. The predicted octanol–water partition coefficient (Wildman–Crippen LogP) is 0.0991. The van der Waals surface area contributed by atoms with Gasteiger partial charge in [-0.15, -0.1) is 0 Å². The molecule has 16 heavy (non-hydrogen) atoms. The highest BCUT2D eigenvalue weighted by atomic mass is 16.4. The van der Waals surface area contributed by atoms with Crippen molar-refractivity contribution >= 4 is 11.9 Å². The Labute approximate surface area is 91.9 Å². The van der Waals surface area contributed by atoms with Gasteiger partial charge in [-0.25, -0.2) is 0 Å². The van der Waals surface area contributed by atoms with E-state index in [1.54, 1.807) is 24.4 Å². The third-order valence-electron chi connectivity index (χ3n) is 1.93. The first-order chi connectivity index (χ1) is 7.59. The van der Waals surface area contributed by atoms with Gasteiger partial charge in [0.1, 0.15) is 6.04 Å². The summed E-state index contributed by atoms with van der Waals surface area (Å²) in [6, 6.07) is 4.15. The average Bonchev–Trinajstić information content (AvgIpc) is 2.25. The highest BCUT2D eigenvalue weighted by Crippen LogP contribution is 1.97. The lowest BCUT2D eigenvalue weighted by Crippen LogP contribution is -2.38. The first kappa shape index (κ1) is 12.1. The Morgan fingerprint density at radius 3 is 2.62 bits per heavy atom. The molecule has 1 aromatic heterocycles. The number of nitrogens with zero attached hydrogens (tertiary/aromatic N) is 1. The topological polar surface area (TPSA) is 99.5 Å². The van der Waals surface area contributed by atoms with Crippen molar-refractivity contribution in [2.75, 3.05) is 0 Å². The molecule has 1 rings (SSSR count). The Kier molecular flexibility index (Phi) is 4.41. The zero-order chi connectivity index (χ0) is 12.0. The van der Waals surface area contributed by atoms with E-state index < -0.39 is 24.4 Å². The van der Waals surface area contributed by atoms with Gasteiger partial charge in [0.15, 0.2) is 0 Å². The van der Waals surface area contributed by atoms with Gasteiger partial charge in [0.25, 0.3) is 0 Å². The summed E-state index contributed by atoms with van der Waals surface area (Å²) in [6.07, 6.45) is 1.13. The van der Waals surface area contributed by atoms with Crippen molar-refractivity contribution in [2.24, 2.45) is 0 Å². The number of aliphatic carboxylic acids is 2. The summed E-state index contributed by atoms with van der Waals surface area (Å²) in [5.41, 5.74) is 0.666. The summed E-state index contributed by atoms with van der Waals surface area (Å²) in [6.45, 7) is 0.227. The van der Waals surface area contributed by atoms with Crippen LogP contribution >= 0.6 is 0 Å². The molecule has 0 saturated carbocycles. The molecule has 6 nitrogen and oxygen atoms in total. The lowest BCUT2D eigenvalue weighted by Gasteiger charge is -2.11. The molecule has 0 aliphatic rings. The average molecular weight is 224 g/mol. The molecule has 1 aromatic rings. The number of hydrogen-bond acceptors (Lipinski definition) is 4. The Morgan fingerprint density at radius 2 is 2.12 bits per heavy atom. The van der Waals surface area contributed by atoms with Crippen molar-refractivity contribution in [1.29, 1.82) is 0 Å². The van der Waals surface area contributed by atoms with Gasteiger partial charge < -0.3 is 10.2 Å². The second-order valence-corrected chi connectivity index (χ2v) is 3.19. The van der Waals surface area contributed by atoms with E-state index in [0.717, 1.165) is 0 Å². The number of nitrogens with one attached hydrogen (secondary N) is 1. The van der Waals surface area contributed by atoms with Gasteiger partial charge >= 0.3 is 11.9 Å².